The van der Waals surface area contributed by atoms with Crippen LogP contribution in [0.3, 0.4) is 0 Å². The number of nitrogens with zero attached hydrogens (tertiary/aromatic N) is 2. The maximum Gasteiger partial charge on any atom is 0.267 e. The number of rotatable bonds is 7. The topological polar surface area (TPSA) is 79.2 Å². The number of β-amino-alcohol motifs (C(OH)–C–C–N with tert-alkyl or cyclic N) is 1. The van der Waals surface area contributed by atoms with E-state index in [1.54, 1.807) is 32.0 Å². The van der Waals surface area contributed by atoms with Crippen LogP contribution in [0.5, 0.6) is 0 Å². The zero-order valence-electron chi connectivity index (χ0n) is 20.7. The first-order valence-electron chi connectivity index (χ1n) is 12.3. The Labute approximate surface area is 207 Å². The Bertz CT molecular complexity index is 1160. The van der Waals surface area contributed by atoms with Gasteiger partial charge in [0.05, 0.1) is 6.61 Å². The van der Waals surface area contributed by atoms with E-state index in [1.165, 1.54) is 11.6 Å². The molecule has 0 spiro atoms. The lowest BCUT2D eigenvalue weighted by molar-refractivity contribution is 0.0803. The molecule has 0 aliphatic carbocycles. The van der Waals surface area contributed by atoms with Gasteiger partial charge < -0.3 is 14.7 Å². The van der Waals surface area contributed by atoms with Crippen LogP contribution >= 0.6 is 0 Å². The summed E-state index contributed by atoms with van der Waals surface area (Å²) in [5.41, 5.74) is 1.34. The summed E-state index contributed by atoms with van der Waals surface area (Å²) in [4.78, 5) is 2.27. The maximum absolute atomic E-state index is 14.2. The lowest BCUT2D eigenvalue weighted by atomic mass is 9.88. The third kappa shape index (κ3) is 5.76. The van der Waals surface area contributed by atoms with E-state index in [9.17, 15) is 12.8 Å². The molecule has 2 atom stereocenters. The highest BCUT2D eigenvalue weighted by Crippen LogP contribution is 2.42. The molecular formula is C27H35FN2O4S. The van der Waals surface area contributed by atoms with E-state index >= 15 is 0 Å². The highest BCUT2D eigenvalue weighted by molar-refractivity contribution is 7.90. The second-order valence-electron chi connectivity index (χ2n) is 10.2. The molecule has 1 unspecified atom stereocenters. The molecule has 2 aliphatic heterocycles. The molecule has 0 amide bonds. The van der Waals surface area contributed by atoms with E-state index in [-0.39, 0.29) is 30.7 Å². The molecule has 4 rings (SSSR count). The molecule has 35 heavy (non-hydrogen) atoms. The first-order valence-corrected chi connectivity index (χ1v) is 13.8. The third-order valence-electron chi connectivity index (χ3n) is 7.17. The van der Waals surface area contributed by atoms with E-state index < -0.39 is 20.9 Å². The van der Waals surface area contributed by atoms with Crippen molar-refractivity contribution in [2.24, 2.45) is 4.40 Å². The van der Waals surface area contributed by atoms with E-state index in [1.807, 2.05) is 31.2 Å². The van der Waals surface area contributed by atoms with Crippen molar-refractivity contribution in [1.82, 2.24) is 4.90 Å². The zero-order chi connectivity index (χ0) is 25.2. The van der Waals surface area contributed by atoms with Gasteiger partial charge in [0, 0.05) is 13.0 Å². The molecule has 0 saturated carbocycles. The summed E-state index contributed by atoms with van der Waals surface area (Å²) in [6.07, 6.45) is 2.23. The van der Waals surface area contributed by atoms with E-state index in [0.29, 0.717) is 23.6 Å². The second kappa shape index (κ2) is 10.4. The van der Waals surface area contributed by atoms with Gasteiger partial charge in [-0.3, -0.25) is 0 Å². The van der Waals surface area contributed by atoms with Crippen molar-refractivity contribution in [3.05, 3.63) is 71.0 Å². The smallest absolute Gasteiger partial charge is 0.267 e. The Kier molecular flexibility index (Phi) is 7.64. The number of aliphatic hydroxyl groups is 1. The van der Waals surface area contributed by atoms with Crippen molar-refractivity contribution < 1.29 is 22.7 Å². The highest BCUT2D eigenvalue weighted by Gasteiger charge is 2.47. The second-order valence-corrected chi connectivity index (χ2v) is 11.9. The molecule has 1 saturated heterocycles. The number of piperidine rings is 1. The third-order valence-corrected chi connectivity index (χ3v) is 9.06. The van der Waals surface area contributed by atoms with E-state index in [2.05, 4.69) is 9.30 Å². The predicted molar refractivity (Wildman–Crippen MR) is 136 cm³/mol. The predicted octanol–water partition coefficient (Wildman–Crippen LogP) is 4.77. The molecule has 1 N–H and O–H groups in total. The van der Waals surface area contributed by atoms with E-state index in [4.69, 9.17) is 9.84 Å². The molecule has 6 nitrogen and oxygen atoms in total. The van der Waals surface area contributed by atoms with Crippen LogP contribution in [0.2, 0.25) is 0 Å². The normalized spacial score (nSPS) is 23.3. The summed E-state index contributed by atoms with van der Waals surface area (Å²) >= 11 is 0. The van der Waals surface area contributed by atoms with Crippen molar-refractivity contribution >= 4 is 15.9 Å². The lowest BCUT2D eigenvalue weighted by Crippen LogP contribution is -2.43. The average molecular weight is 503 g/mol. The summed E-state index contributed by atoms with van der Waals surface area (Å²) in [6.45, 7) is 8.16. The Hall–Kier alpha value is -2.29. The van der Waals surface area contributed by atoms with Crippen molar-refractivity contribution in [3.8, 4) is 0 Å². The minimum atomic E-state index is -3.88. The minimum Gasteiger partial charge on any atom is -0.472 e. The van der Waals surface area contributed by atoms with Gasteiger partial charge in [0.25, 0.3) is 10.0 Å². The maximum atomic E-state index is 14.2. The standard InChI is InChI=1S/C27H35FN2O4S/c1-19(23-6-4-5-7-24(23)28)18-25-29-35(32,33)26(27(2,3)34-25)22-10-8-20(9-11-22)21-12-14-30(15-13-21)16-17-31/h4-11,19,21,26,31H,12-18H2,1-3H3/t19-,26?/m1/s1. The molecule has 1 fully saturated rings. The van der Waals surface area contributed by atoms with Crippen molar-refractivity contribution in [2.75, 3.05) is 26.2 Å². The zero-order valence-corrected chi connectivity index (χ0v) is 21.5. The van der Waals surface area contributed by atoms with Gasteiger partial charge in [-0.15, -0.1) is 4.40 Å². The molecule has 0 bridgehead atoms. The van der Waals surface area contributed by atoms with Crippen LogP contribution in [0.1, 0.15) is 73.8 Å². The van der Waals surface area contributed by atoms with Crippen molar-refractivity contribution in [3.63, 3.8) is 0 Å². The largest absolute Gasteiger partial charge is 0.472 e. The summed E-state index contributed by atoms with van der Waals surface area (Å²) in [6, 6.07) is 14.3. The van der Waals surface area contributed by atoms with Crippen LogP contribution < -0.4 is 0 Å². The van der Waals surface area contributed by atoms with Gasteiger partial charge in [0.2, 0.25) is 5.90 Å². The van der Waals surface area contributed by atoms with Crippen molar-refractivity contribution in [1.29, 1.82) is 0 Å². The molecule has 2 aliphatic rings. The summed E-state index contributed by atoms with van der Waals surface area (Å²) < 4.78 is 50.9. The first-order chi connectivity index (χ1) is 16.6. The van der Waals surface area contributed by atoms with Gasteiger partial charge in [-0.2, -0.15) is 0 Å². The lowest BCUT2D eigenvalue weighted by Gasteiger charge is -2.38. The number of hydrogen-bond acceptors (Lipinski definition) is 5. The van der Waals surface area contributed by atoms with Gasteiger partial charge >= 0.3 is 0 Å². The van der Waals surface area contributed by atoms with Gasteiger partial charge in [0.1, 0.15) is 16.7 Å². The number of ether oxygens (including phenoxy) is 1. The Morgan fingerprint density at radius 3 is 2.34 bits per heavy atom. The first kappa shape index (κ1) is 25.8. The fourth-order valence-corrected chi connectivity index (χ4v) is 7.17. The van der Waals surface area contributed by atoms with Gasteiger partial charge in [-0.05, 0) is 74.4 Å². The molecule has 190 valence electrons. The number of benzene rings is 2. The van der Waals surface area contributed by atoms with Gasteiger partial charge in [-0.25, -0.2) is 12.8 Å². The number of likely N-dealkylation sites (tertiary alicyclic amines) is 1. The molecule has 0 aromatic heterocycles. The number of sulfonamides is 1. The fourth-order valence-electron chi connectivity index (χ4n) is 5.40. The van der Waals surface area contributed by atoms with E-state index in [0.717, 1.165) is 25.9 Å². The van der Waals surface area contributed by atoms with Crippen LogP contribution in [0.15, 0.2) is 52.9 Å². The SMILES string of the molecule is C[C@H](CC1=NS(=O)(=O)C(c2ccc(C3CCN(CCO)CC3)cc2)C(C)(C)O1)c1ccccc1F. The van der Waals surface area contributed by atoms with Crippen LogP contribution in [0.4, 0.5) is 4.39 Å². The molecule has 2 aromatic carbocycles. The average Bonchev–Trinajstić information content (AvgIpc) is 2.79. The number of aliphatic hydroxyl groups excluding tert-OH is 1. The van der Waals surface area contributed by atoms with Crippen LogP contribution in [0, 0.1) is 5.82 Å². The van der Waals surface area contributed by atoms with Crippen LogP contribution in [0.25, 0.3) is 0 Å². The van der Waals surface area contributed by atoms with Gasteiger partial charge in [-0.1, -0.05) is 49.4 Å². The molecule has 2 aromatic rings. The fraction of sp³-hybridized carbons (Fsp3) is 0.519. The number of hydrogen-bond donors (Lipinski definition) is 1. The summed E-state index contributed by atoms with van der Waals surface area (Å²) in [5, 5.41) is 8.21. The molecule has 8 heteroatoms. The van der Waals surface area contributed by atoms with Crippen LogP contribution in [-0.4, -0.2) is 56.2 Å². The van der Waals surface area contributed by atoms with Crippen molar-refractivity contribution in [2.45, 2.75) is 62.7 Å². The molecule has 0 radical (unpaired) electrons. The van der Waals surface area contributed by atoms with Crippen LogP contribution in [-0.2, 0) is 14.8 Å². The Morgan fingerprint density at radius 2 is 1.74 bits per heavy atom. The summed E-state index contributed by atoms with van der Waals surface area (Å²) in [7, 11) is -3.88. The summed E-state index contributed by atoms with van der Waals surface area (Å²) in [5.74, 6) is -0.0554. The van der Waals surface area contributed by atoms with Gasteiger partial charge in [0.15, 0.2) is 0 Å². The number of halogens is 1. The quantitative estimate of drug-likeness (QED) is 0.590. The highest BCUT2D eigenvalue weighted by atomic mass is 32.2. The monoisotopic (exact) mass is 502 g/mol. The molecular weight excluding hydrogens is 467 g/mol. The Morgan fingerprint density at radius 1 is 1.11 bits per heavy atom. The molecule has 2 heterocycles. The Balaban J connectivity index is 1.50. The minimum absolute atomic E-state index is 0.119.